The highest BCUT2D eigenvalue weighted by Gasteiger charge is 2.04. The van der Waals surface area contributed by atoms with Crippen molar-refractivity contribution in [1.82, 2.24) is 4.98 Å². The molecule has 4 nitrogen and oxygen atoms in total. The van der Waals surface area contributed by atoms with Crippen LogP contribution in [-0.4, -0.2) is 24.8 Å². The molecule has 0 amide bonds. The Bertz CT molecular complexity index is 467. The Morgan fingerprint density at radius 3 is 2.71 bits per heavy atom. The number of sulfone groups is 1. The van der Waals surface area contributed by atoms with Gasteiger partial charge in [0.05, 0.1) is 5.41 Å². The molecule has 0 unspecified atom stereocenters. The Morgan fingerprint density at radius 2 is 2.21 bits per heavy atom. The highest BCUT2D eigenvalue weighted by Crippen LogP contribution is 2.16. The lowest BCUT2D eigenvalue weighted by Gasteiger charge is -1.99. The second-order valence-electron chi connectivity index (χ2n) is 2.72. The maximum atomic E-state index is 10.8. The molecule has 0 atom stereocenters. The maximum Gasteiger partial charge on any atom is 0.172 e. The van der Waals surface area contributed by atoms with Gasteiger partial charge in [0, 0.05) is 28.7 Å². The van der Waals surface area contributed by atoms with Gasteiger partial charge in [0.15, 0.2) is 9.84 Å². The summed E-state index contributed by atoms with van der Waals surface area (Å²) in [5, 5.41) is 10.2. The van der Waals surface area contributed by atoms with E-state index in [-0.39, 0.29) is 5.76 Å². The SMILES string of the molecule is CS(=O)(=O)C=C(O)c1cncc(Br)c1. The highest BCUT2D eigenvalue weighted by atomic mass is 79.9. The largest absolute Gasteiger partial charge is 0.507 e. The second-order valence-corrected chi connectivity index (χ2v) is 5.53. The lowest BCUT2D eigenvalue weighted by atomic mass is 10.2. The van der Waals surface area contributed by atoms with Gasteiger partial charge in [-0.05, 0) is 22.0 Å². The molecule has 0 radical (unpaired) electrons. The van der Waals surface area contributed by atoms with E-state index in [0.29, 0.717) is 10.0 Å². The molecule has 0 bridgehead atoms. The van der Waals surface area contributed by atoms with Gasteiger partial charge in [-0.2, -0.15) is 0 Å². The van der Waals surface area contributed by atoms with Crippen LogP contribution in [-0.2, 0) is 9.84 Å². The Labute approximate surface area is 90.3 Å². The maximum absolute atomic E-state index is 10.8. The molecule has 1 heterocycles. The van der Waals surface area contributed by atoms with E-state index < -0.39 is 9.84 Å². The van der Waals surface area contributed by atoms with Crippen molar-refractivity contribution in [3.8, 4) is 0 Å². The van der Waals surface area contributed by atoms with E-state index in [2.05, 4.69) is 20.9 Å². The molecule has 6 heteroatoms. The number of aliphatic hydroxyl groups is 1. The van der Waals surface area contributed by atoms with Gasteiger partial charge in [-0.25, -0.2) is 8.42 Å². The van der Waals surface area contributed by atoms with Crippen molar-refractivity contribution in [3.05, 3.63) is 33.9 Å². The van der Waals surface area contributed by atoms with Crippen LogP contribution < -0.4 is 0 Å². The average Bonchev–Trinajstić information content (AvgIpc) is 2.01. The van der Waals surface area contributed by atoms with Crippen LogP contribution in [0.3, 0.4) is 0 Å². The predicted octanol–water partition coefficient (Wildman–Crippen LogP) is 1.75. The van der Waals surface area contributed by atoms with E-state index in [0.717, 1.165) is 11.7 Å². The van der Waals surface area contributed by atoms with E-state index in [4.69, 9.17) is 0 Å². The third kappa shape index (κ3) is 3.47. The number of aliphatic hydroxyl groups excluding tert-OH is 1. The fourth-order valence-corrected chi connectivity index (χ4v) is 1.73. The second kappa shape index (κ2) is 4.10. The fraction of sp³-hybridized carbons (Fsp3) is 0.125. The van der Waals surface area contributed by atoms with Gasteiger partial charge in [0.2, 0.25) is 0 Å². The summed E-state index contributed by atoms with van der Waals surface area (Å²) < 4.78 is 22.3. The summed E-state index contributed by atoms with van der Waals surface area (Å²) in [4.78, 5) is 3.79. The van der Waals surface area contributed by atoms with Crippen LogP contribution >= 0.6 is 15.9 Å². The first-order chi connectivity index (χ1) is 6.38. The molecule has 1 aromatic heterocycles. The van der Waals surface area contributed by atoms with Crippen molar-refractivity contribution < 1.29 is 13.5 Å². The van der Waals surface area contributed by atoms with Crippen molar-refractivity contribution in [2.24, 2.45) is 0 Å². The van der Waals surface area contributed by atoms with Gasteiger partial charge in [0.1, 0.15) is 5.76 Å². The molecule has 14 heavy (non-hydrogen) atoms. The third-order valence-corrected chi connectivity index (χ3v) is 2.41. The molecule has 0 aliphatic carbocycles. The summed E-state index contributed by atoms with van der Waals surface area (Å²) in [6.45, 7) is 0. The molecule has 0 aromatic carbocycles. The lowest BCUT2D eigenvalue weighted by molar-refractivity contribution is 0.511. The van der Waals surface area contributed by atoms with E-state index >= 15 is 0 Å². The quantitative estimate of drug-likeness (QED) is 0.837. The van der Waals surface area contributed by atoms with Gasteiger partial charge in [-0.3, -0.25) is 4.98 Å². The molecule has 0 saturated heterocycles. The monoisotopic (exact) mass is 277 g/mol. The first kappa shape index (κ1) is 11.2. The van der Waals surface area contributed by atoms with Crippen molar-refractivity contribution in [1.29, 1.82) is 0 Å². The first-order valence-electron chi connectivity index (χ1n) is 3.60. The van der Waals surface area contributed by atoms with Crippen molar-refractivity contribution >= 4 is 31.5 Å². The van der Waals surface area contributed by atoms with Crippen LogP contribution in [0.2, 0.25) is 0 Å². The van der Waals surface area contributed by atoms with Crippen LogP contribution in [0.4, 0.5) is 0 Å². The van der Waals surface area contributed by atoms with E-state index in [1.165, 1.54) is 12.4 Å². The van der Waals surface area contributed by atoms with Crippen LogP contribution in [0, 0.1) is 0 Å². The minimum Gasteiger partial charge on any atom is -0.507 e. The van der Waals surface area contributed by atoms with Crippen molar-refractivity contribution in [3.63, 3.8) is 0 Å². The summed E-state index contributed by atoms with van der Waals surface area (Å²) in [7, 11) is -3.34. The summed E-state index contributed by atoms with van der Waals surface area (Å²) >= 11 is 3.16. The lowest BCUT2D eigenvalue weighted by Crippen LogP contribution is -1.93. The highest BCUT2D eigenvalue weighted by molar-refractivity contribution is 9.10. The molecule has 1 N–H and O–H groups in total. The van der Waals surface area contributed by atoms with Crippen LogP contribution in [0.1, 0.15) is 5.56 Å². The van der Waals surface area contributed by atoms with Gasteiger partial charge >= 0.3 is 0 Å². The molecule has 1 rings (SSSR count). The summed E-state index contributed by atoms with van der Waals surface area (Å²) in [6, 6.07) is 1.57. The van der Waals surface area contributed by atoms with Gasteiger partial charge < -0.3 is 5.11 Å². The number of aromatic nitrogens is 1. The smallest absolute Gasteiger partial charge is 0.172 e. The summed E-state index contributed by atoms with van der Waals surface area (Å²) in [5.41, 5.74) is 0.352. The normalized spacial score (nSPS) is 12.9. The van der Waals surface area contributed by atoms with Crippen LogP contribution in [0.25, 0.3) is 5.76 Å². The van der Waals surface area contributed by atoms with Crippen molar-refractivity contribution in [2.45, 2.75) is 0 Å². The van der Waals surface area contributed by atoms with Crippen LogP contribution in [0.5, 0.6) is 0 Å². The Morgan fingerprint density at radius 1 is 1.57 bits per heavy atom. The molecule has 0 aliphatic heterocycles. The molecule has 0 saturated carbocycles. The Kier molecular flexibility index (Phi) is 3.28. The zero-order valence-corrected chi connectivity index (χ0v) is 9.71. The van der Waals surface area contributed by atoms with Gasteiger partial charge in [0.25, 0.3) is 0 Å². The Balaban J connectivity index is 3.13. The number of hydrogen-bond acceptors (Lipinski definition) is 4. The molecule has 76 valence electrons. The number of halogens is 1. The molecule has 0 aliphatic rings. The van der Waals surface area contributed by atoms with Gasteiger partial charge in [-0.1, -0.05) is 0 Å². The molecular weight excluding hydrogens is 270 g/mol. The number of rotatable bonds is 2. The average molecular weight is 278 g/mol. The molecule has 0 fully saturated rings. The first-order valence-corrected chi connectivity index (χ1v) is 6.35. The van der Waals surface area contributed by atoms with E-state index in [1.807, 2.05) is 0 Å². The zero-order chi connectivity index (χ0) is 10.8. The van der Waals surface area contributed by atoms with E-state index in [9.17, 15) is 13.5 Å². The number of pyridine rings is 1. The minimum atomic E-state index is -3.34. The van der Waals surface area contributed by atoms with E-state index in [1.54, 1.807) is 6.07 Å². The number of nitrogens with zero attached hydrogens (tertiary/aromatic N) is 1. The Hall–Kier alpha value is -0.880. The summed E-state index contributed by atoms with van der Waals surface area (Å²) in [6.07, 6.45) is 3.92. The molecular formula is C8H8BrNO3S. The van der Waals surface area contributed by atoms with Crippen molar-refractivity contribution in [2.75, 3.05) is 6.26 Å². The topological polar surface area (TPSA) is 67.3 Å². The van der Waals surface area contributed by atoms with Crippen LogP contribution in [0.15, 0.2) is 28.3 Å². The molecule has 0 spiro atoms. The number of hydrogen-bond donors (Lipinski definition) is 1. The zero-order valence-electron chi connectivity index (χ0n) is 7.31. The summed E-state index contributed by atoms with van der Waals surface area (Å²) in [5.74, 6) is -0.318. The third-order valence-electron chi connectivity index (χ3n) is 1.33. The molecule has 1 aromatic rings. The predicted molar refractivity (Wildman–Crippen MR) is 57.4 cm³/mol. The minimum absolute atomic E-state index is 0.318. The standard InChI is InChI=1S/C8H8BrNO3S/c1-14(12,13)5-8(11)6-2-7(9)4-10-3-6/h2-5,11H,1H3. The van der Waals surface area contributed by atoms with Gasteiger partial charge in [-0.15, -0.1) is 0 Å². The fourth-order valence-electron chi connectivity index (χ4n) is 0.823.